The SMILES string of the molecule is CCC(C)(OC)c1noc(-c2ccc(N)c(F)c2)n1. The molecule has 0 saturated carbocycles. The van der Waals surface area contributed by atoms with Crippen molar-refractivity contribution < 1.29 is 13.7 Å². The number of hydrogen-bond donors (Lipinski definition) is 1. The van der Waals surface area contributed by atoms with Gasteiger partial charge in [-0.05, 0) is 31.5 Å². The topological polar surface area (TPSA) is 74.2 Å². The molecule has 1 unspecified atom stereocenters. The predicted molar refractivity (Wildman–Crippen MR) is 68.8 cm³/mol. The third-order valence-corrected chi connectivity index (χ3v) is 3.27. The molecule has 0 spiro atoms. The number of anilines is 1. The van der Waals surface area contributed by atoms with E-state index >= 15 is 0 Å². The molecule has 0 radical (unpaired) electrons. The van der Waals surface area contributed by atoms with Crippen LogP contribution in [-0.2, 0) is 10.3 Å². The lowest BCUT2D eigenvalue weighted by Crippen LogP contribution is -2.24. The maximum atomic E-state index is 13.4. The zero-order valence-electron chi connectivity index (χ0n) is 11.1. The molecule has 0 aliphatic heterocycles. The molecule has 0 aliphatic carbocycles. The summed E-state index contributed by atoms with van der Waals surface area (Å²) in [5.41, 5.74) is 5.37. The van der Waals surface area contributed by atoms with Crippen LogP contribution in [0.5, 0.6) is 0 Å². The number of benzene rings is 1. The molecule has 19 heavy (non-hydrogen) atoms. The highest BCUT2D eigenvalue weighted by atomic mass is 19.1. The molecule has 1 aromatic heterocycles. The summed E-state index contributed by atoms with van der Waals surface area (Å²) < 4.78 is 23.9. The number of aromatic nitrogens is 2. The molecule has 0 saturated heterocycles. The first-order chi connectivity index (χ1) is 9.00. The summed E-state index contributed by atoms with van der Waals surface area (Å²) in [6.07, 6.45) is 0.693. The molecular formula is C13H16FN3O2. The van der Waals surface area contributed by atoms with Gasteiger partial charge in [0.2, 0.25) is 5.82 Å². The van der Waals surface area contributed by atoms with Crippen LogP contribution in [0.2, 0.25) is 0 Å². The Bertz CT molecular complexity index is 579. The van der Waals surface area contributed by atoms with Gasteiger partial charge in [-0.1, -0.05) is 12.1 Å². The molecule has 102 valence electrons. The Balaban J connectivity index is 2.38. The zero-order chi connectivity index (χ0) is 14.0. The summed E-state index contributed by atoms with van der Waals surface area (Å²) >= 11 is 0. The highest BCUT2D eigenvalue weighted by Gasteiger charge is 2.30. The van der Waals surface area contributed by atoms with Crippen molar-refractivity contribution >= 4 is 5.69 Å². The maximum Gasteiger partial charge on any atom is 0.258 e. The molecule has 2 rings (SSSR count). The molecule has 0 bridgehead atoms. The number of rotatable bonds is 4. The summed E-state index contributed by atoms with van der Waals surface area (Å²) in [7, 11) is 1.59. The summed E-state index contributed by atoms with van der Waals surface area (Å²) in [5.74, 6) is 0.164. The summed E-state index contributed by atoms with van der Waals surface area (Å²) in [6, 6.07) is 4.36. The van der Waals surface area contributed by atoms with E-state index in [2.05, 4.69) is 10.1 Å². The fourth-order valence-electron chi connectivity index (χ4n) is 1.61. The molecule has 0 aliphatic rings. The van der Waals surface area contributed by atoms with Gasteiger partial charge in [0.1, 0.15) is 11.4 Å². The lowest BCUT2D eigenvalue weighted by Gasteiger charge is -2.21. The Kier molecular flexibility index (Phi) is 3.53. The Hall–Kier alpha value is -1.95. The first-order valence-electron chi connectivity index (χ1n) is 5.95. The molecule has 1 aromatic carbocycles. The van der Waals surface area contributed by atoms with Gasteiger partial charge in [-0.25, -0.2) is 4.39 Å². The minimum absolute atomic E-state index is 0.0822. The number of nitrogens with zero attached hydrogens (tertiary/aromatic N) is 2. The Labute approximate surface area is 110 Å². The standard InChI is InChI=1S/C13H16FN3O2/c1-4-13(2,18-3)12-16-11(19-17-12)8-5-6-10(15)9(14)7-8/h5-7H,4,15H2,1-3H3. The largest absolute Gasteiger partial charge is 0.396 e. The van der Waals surface area contributed by atoms with Gasteiger partial charge in [0, 0.05) is 12.7 Å². The van der Waals surface area contributed by atoms with Crippen molar-refractivity contribution in [3.63, 3.8) is 0 Å². The van der Waals surface area contributed by atoms with Crippen molar-refractivity contribution in [3.05, 3.63) is 29.8 Å². The van der Waals surface area contributed by atoms with Gasteiger partial charge in [-0.15, -0.1) is 0 Å². The van der Waals surface area contributed by atoms with E-state index in [1.165, 1.54) is 12.1 Å². The van der Waals surface area contributed by atoms with E-state index in [4.69, 9.17) is 15.0 Å². The van der Waals surface area contributed by atoms with Crippen LogP contribution < -0.4 is 5.73 Å². The van der Waals surface area contributed by atoms with Crippen LogP contribution in [0.25, 0.3) is 11.5 Å². The quantitative estimate of drug-likeness (QED) is 0.860. The smallest absolute Gasteiger partial charge is 0.258 e. The molecule has 2 N–H and O–H groups in total. The van der Waals surface area contributed by atoms with Crippen molar-refractivity contribution in [2.45, 2.75) is 25.9 Å². The fraction of sp³-hybridized carbons (Fsp3) is 0.385. The third kappa shape index (κ3) is 2.44. The van der Waals surface area contributed by atoms with Crippen molar-refractivity contribution in [1.82, 2.24) is 10.1 Å². The van der Waals surface area contributed by atoms with Crippen LogP contribution in [0, 0.1) is 5.82 Å². The fourth-order valence-corrected chi connectivity index (χ4v) is 1.61. The van der Waals surface area contributed by atoms with E-state index in [1.807, 2.05) is 13.8 Å². The van der Waals surface area contributed by atoms with E-state index < -0.39 is 11.4 Å². The van der Waals surface area contributed by atoms with Crippen LogP contribution in [0.4, 0.5) is 10.1 Å². The highest BCUT2D eigenvalue weighted by Crippen LogP contribution is 2.28. The number of methoxy groups -OCH3 is 1. The molecule has 6 heteroatoms. The Morgan fingerprint density at radius 2 is 2.21 bits per heavy atom. The van der Waals surface area contributed by atoms with Crippen molar-refractivity contribution in [2.75, 3.05) is 12.8 Å². The molecular weight excluding hydrogens is 249 g/mol. The van der Waals surface area contributed by atoms with Crippen LogP contribution in [0.1, 0.15) is 26.1 Å². The summed E-state index contributed by atoms with van der Waals surface area (Å²) in [4.78, 5) is 4.25. The molecule has 1 heterocycles. The van der Waals surface area contributed by atoms with Crippen molar-refractivity contribution in [3.8, 4) is 11.5 Å². The molecule has 0 fully saturated rings. The zero-order valence-corrected chi connectivity index (χ0v) is 11.1. The first kappa shape index (κ1) is 13.5. The second-order valence-electron chi connectivity index (χ2n) is 4.45. The molecule has 1 atom stereocenters. The Morgan fingerprint density at radius 3 is 2.79 bits per heavy atom. The molecule has 0 amide bonds. The van der Waals surface area contributed by atoms with Crippen LogP contribution in [0.15, 0.2) is 22.7 Å². The monoisotopic (exact) mass is 265 g/mol. The molecule has 5 nitrogen and oxygen atoms in total. The van der Waals surface area contributed by atoms with E-state index in [9.17, 15) is 4.39 Å². The van der Waals surface area contributed by atoms with Crippen LogP contribution >= 0.6 is 0 Å². The lowest BCUT2D eigenvalue weighted by atomic mass is 10.0. The number of nitrogen functional groups attached to an aromatic ring is 1. The number of halogens is 1. The first-order valence-corrected chi connectivity index (χ1v) is 5.95. The average molecular weight is 265 g/mol. The van der Waals surface area contributed by atoms with Gasteiger partial charge >= 0.3 is 0 Å². The van der Waals surface area contributed by atoms with Gasteiger partial charge in [-0.2, -0.15) is 4.98 Å². The van der Waals surface area contributed by atoms with Crippen molar-refractivity contribution in [2.24, 2.45) is 0 Å². The van der Waals surface area contributed by atoms with Crippen LogP contribution in [0.3, 0.4) is 0 Å². The number of ether oxygens (including phenoxy) is 1. The summed E-state index contributed by atoms with van der Waals surface area (Å²) in [5, 5.41) is 3.89. The van der Waals surface area contributed by atoms with Gasteiger partial charge in [0.25, 0.3) is 5.89 Å². The van der Waals surface area contributed by atoms with Crippen LogP contribution in [-0.4, -0.2) is 17.3 Å². The third-order valence-electron chi connectivity index (χ3n) is 3.27. The van der Waals surface area contributed by atoms with Gasteiger partial charge < -0.3 is 15.0 Å². The van der Waals surface area contributed by atoms with E-state index in [-0.39, 0.29) is 11.6 Å². The average Bonchev–Trinajstić information content (AvgIpc) is 2.91. The van der Waals surface area contributed by atoms with Gasteiger partial charge in [-0.3, -0.25) is 0 Å². The normalized spacial score (nSPS) is 14.3. The maximum absolute atomic E-state index is 13.4. The lowest BCUT2D eigenvalue weighted by molar-refractivity contribution is -0.0106. The number of nitrogens with two attached hydrogens (primary N) is 1. The second kappa shape index (κ2) is 4.97. The molecule has 2 aromatic rings. The van der Waals surface area contributed by atoms with E-state index in [1.54, 1.807) is 13.2 Å². The van der Waals surface area contributed by atoms with Gasteiger partial charge in [0.15, 0.2) is 0 Å². The Morgan fingerprint density at radius 1 is 1.47 bits per heavy atom. The second-order valence-corrected chi connectivity index (χ2v) is 4.45. The summed E-state index contributed by atoms with van der Waals surface area (Å²) in [6.45, 7) is 3.83. The minimum atomic E-state index is -0.617. The van der Waals surface area contributed by atoms with E-state index in [0.29, 0.717) is 17.8 Å². The minimum Gasteiger partial charge on any atom is -0.396 e. The van der Waals surface area contributed by atoms with Crippen molar-refractivity contribution in [1.29, 1.82) is 0 Å². The van der Waals surface area contributed by atoms with E-state index in [0.717, 1.165) is 0 Å². The predicted octanol–water partition coefficient (Wildman–Crippen LogP) is 2.73. The highest BCUT2D eigenvalue weighted by molar-refractivity contribution is 5.57. The van der Waals surface area contributed by atoms with Gasteiger partial charge in [0.05, 0.1) is 5.69 Å². The number of hydrogen-bond acceptors (Lipinski definition) is 5.